The number of hydrogen-bond donors (Lipinski definition) is 4. The lowest BCUT2D eigenvalue weighted by atomic mass is 9.87. The number of carbonyl (C=O) groups is 1. The average Bonchev–Trinajstić information content (AvgIpc) is 3.34. The number of terminal acetylenes is 1. The van der Waals surface area contributed by atoms with Gasteiger partial charge in [-0.3, -0.25) is 4.79 Å². The largest absolute Gasteiger partial charge is 0.394 e. The van der Waals surface area contributed by atoms with Crippen LogP contribution in [0.1, 0.15) is 31.5 Å². The Kier molecular flexibility index (Phi) is 14.3. The number of methoxy groups -OCH3 is 1. The molecule has 0 saturated heterocycles. The second kappa shape index (κ2) is 17.6. The van der Waals surface area contributed by atoms with Gasteiger partial charge in [0.1, 0.15) is 5.82 Å². The maximum atomic E-state index is 12.7. The molecule has 0 bridgehead atoms. The van der Waals surface area contributed by atoms with Gasteiger partial charge in [-0.25, -0.2) is 9.67 Å². The van der Waals surface area contributed by atoms with Gasteiger partial charge in [-0.05, 0) is 57.0 Å². The minimum Gasteiger partial charge on any atom is -0.394 e. The molecule has 1 atom stereocenters. The van der Waals surface area contributed by atoms with Crippen LogP contribution in [0.3, 0.4) is 0 Å². The maximum absolute atomic E-state index is 12.7. The lowest BCUT2D eigenvalue weighted by molar-refractivity contribution is -0.129. The molecule has 1 aliphatic heterocycles. The summed E-state index contributed by atoms with van der Waals surface area (Å²) in [5.74, 6) is 0.829. The smallest absolute Gasteiger partial charge is 0.247 e. The molecular weight excluding hydrogens is 561 g/mol. The molecule has 4 rings (SSSR count). The molecule has 1 aromatic carbocycles. The Morgan fingerprint density at radius 1 is 1.20 bits per heavy atom. The van der Waals surface area contributed by atoms with Crippen molar-refractivity contribution in [3.05, 3.63) is 90.4 Å². The number of pyridine rings is 1. The van der Waals surface area contributed by atoms with Crippen LogP contribution in [0.5, 0.6) is 0 Å². The van der Waals surface area contributed by atoms with Gasteiger partial charge in [0, 0.05) is 50.6 Å². The Balaban J connectivity index is 0.000000649. The van der Waals surface area contributed by atoms with Crippen LogP contribution in [0.4, 0.5) is 10.2 Å². The van der Waals surface area contributed by atoms with Gasteiger partial charge < -0.3 is 30.7 Å². The van der Waals surface area contributed by atoms with E-state index in [1.54, 1.807) is 30.2 Å². The fourth-order valence-corrected chi connectivity index (χ4v) is 4.41. The van der Waals surface area contributed by atoms with Gasteiger partial charge in [0.2, 0.25) is 11.9 Å². The summed E-state index contributed by atoms with van der Waals surface area (Å²) in [5, 5.41) is 24.5. The van der Waals surface area contributed by atoms with Gasteiger partial charge in [-0.15, -0.1) is 12.8 Å². The topological polar surface area (TPSA) is 117 Å². The van der Waals surface area contributed by atoms with E-state index in [0.717, 1.165) is 28.3 Å². The molecule has 11 heteroatoms. The zero-order valence-corrected chi connectivity index (χ0v) is 26.2. The Morgan fingerprint density at radius 2 is 1.89 bits per heavy atom. The molecule has 1 amide bonds. The van der Waals surface area contributed by atoms with Crippen molar-refractivity contribution in [3.63, 3.8) is 0 Å². The molecule has 0 unspecified atom stereocenters. The molecule has 0 radical (unpaired) electrons. The third-order valence-corrected chi connectivity index (χ3v) is 6.96. The maximum Gasteiger partial charge on any atom is 0.247 e. The van der Waals surface area contributed by atoms with Crippen molar-refractivity contribution < 1.29 is 19.0 Å². The van der Waals surface area contributed by atoms with Crippen LogP contribution in [0.2, 0.25) is 0 Å². The molecule has 0 spiro atoms. The molecule has 10 nitrogen and oxygen atoms in total. The number of carbonyl (C=O) groups excluding carboxylic acids is 1. The number of para-hydroxylation sites is 1. The van der Waals surface area contributed by atoms with Crippen molar-refractivity contribution >= 4 is 17.3 Å². The van der Waals surface area contributed by atoms with E-state index in [1.807, 2.05) is 49.0 Å². The van der Waals surface area contributed by atoms with Crippen molar-refractivity contribution in [2.75, 3.05) is 45.8 Å². The highest BCUT2D eigenvalue weighted by Gasteiger charge is 2.34. The number of amides is 1. The van der Waals surface area contributed by atoms with E-state index in [2.05, 4.69) is 54.2 Å². The van der Waals surface area contributed by atoms with E-state index < -0.39 is 5.95 Å². The van der Waals surface area contributed by atoms with Crippen molar-refractivity contribution in [1.29, 1.82) is 0 Å². The Bertz CT molecular complexity index is 1390. The van der Waals surface area contributed by atoms with Crippen LogP contribution in [0.15, 0.2) is 73.2 Å². The zero-order valence-electron chi connectivity index (χ0n) is 26.2. The Labute approximate surface area is 260 Å². The minimum absolute atomic E-state index is 0.0303. The van der Waals surface area contributed by atoms with Gasteiger partial charge in [-0.1, -0.05) is 30.8 Å². The standard InChI is InChI=1S/C26H38N6O3.C5H4FN.C2H2/c1-18-24(20-14-23(34)31(5)26(3,4)15-20)30-32(22-10-8-7-9-11-22)25(18)29-19(2)28-21(17-33)16-27-12-13-35-6;6-5-3-1-2-4-7-5;1-2/h7-11,14,21,27-29,33H,2,12-13,15-17H2,1,3-6H3;1-4H;1-2H/t21-;;/m1../s1. The van der Waals surface area contributed by atoms with Crippen molar-refractivity contribution in [3.8, 4) is 18.5 Å². The van der Waals surface area contributed by atoms with E-state index in [4.69, 9.17) is 9.84 Å². The summed E-state index contributed by atoms with van der Waals surface area (Å²) in [4.78, 5) is 17.7. The molecule has 44 heavy (non-hydrogen) atoms. The first-order valence-electron chi connectivity index (χ1n) is 14.1. The van der Waals surface area contributed by atoms with E-state index in [1.165, 1.54) is 12.3 Å². The van der Waals surface area contributed by atoms with Gasteiger partial charge in [0.25, 0.3) is 0 Å². The van der Waals surface area contributed by atoms with Crippen molar-refractivity contribution in [2.24, 2.45) is 0 Å². The van der Waals surface area contributed by atoms with E-state index in [0.29, 0.717) is 31.9 Å². The van der Waals surface area contributed by atoms with Crippen LogP contribution < -0.4 is 16.0 Å². The lowest BCUT2D eigenvalue weighted by Crippen LogP contribution is -2.47. The second-order valence-electron chi connectivity index (χ2n) is 10.6. The van der Waals surface area contributed by atoms with Gasteiger partial charge in [0.15, 0.2) is 0 Å². The third kappa shape index (κ3) is 10.1. The predicted octanol–water partition coefficient (Wildman–Crippen LogP) is 3.74. The van der Waals surface area contributed by atoms with Gasteiger partial charge >= 0.3 is 0 Å². The first-order chi connectivity index (χ1) is 21.1. The van der Waals surface area contributed by atoms with Crippen LogP contribution in [-0.4, -0.2) is 82.7 Å². The summed E-state index contributed by atoms with van der Waals surface area (Å²) in [7, 11) is 3.48. The van der Waals surface area contributed by atoms with Crippen LogP contribution in [0.25, 0.3) is 11.3 Å². The number of nitrogens with zero attached hydrogens (tertiary/aromatic N) is 4. The van der Waals surface area contributed by atoms with E-state index >= 15 is 0 Å². The SMILES string of the molecule is C#C.C=C(Nc1c(C)c(C2=CC(=O)N(C)C(C)(C)C2)nn1-c1ccccc1)N[C@@H](CO)CNCCOC.Fc1ccccn1. The van der Waals surface area contributed by atoms with Crippen LogP contribution in [0, 0.1) is 25.7 Å². The van der Waals surface area contributed by atoms with Crippen molar-refractivity contribution in [1.82, 2.24) is 30.3 Å². The summed E-state index contributed by atoms with van der Waals surface area (Å²) >= 11 is 0. The highest BCUT2D eigenvalue weighted by Crippen LogP contribution is 2.36. The molecule has 3 heterocycles. The highest BCUT2D eigenvalue weighted by atomic mass is 19.1. The van der Waals surface area contributed by atoms with E-state index in [9.17, 15) is 14.3 Å². The molecule has 236 valence electrons. The number of nitrogens with one attached hydrogen (secondary N) is 3. The number of ether oxygens (including phenoxy) is 1. The fourth-order valence-electron chi connectivity index (χ4n) is 4.41. The van der Waals surface area contributed by atoms with Crippen LogP contribution in [-0.2, 0) is 9.53 Å². The van der Waals surface area contributed by atoms with Gasteiger partial charge in [-0.2, -0.15) is 9.49 Å². The number of likely N-dealkylation sites (N-methyl/N-ethyl adjacent to an activating group) is 1. The number of rotatable bonds is 12. The predicted molar refractivity (Wildman–Crippen MR) is 173 cm³/mol. The monoisotopic (exact) mass is 605 g/mol. The first-order valence-corrected chi connectivity index (χ1v) is 14.1. The fraction of sp³-hybridized carbons (Fsp3) is 0.364. The zero-order chi connectivity index (χ0) is 32.7. The second-order valence-corrected chi connectivity index (χ2v) is 10.6. The molecule has 2 aromatic heterocycles. The van der Waals surface area contributed by atoms with E-state index in [-0.39, 0.29) is 24.1 Å². The van der Waals surface area contributed by atoms with Gasteiger partial charge in [0.05, 0.1) is 36.5 Å². The summed E-state index contributed by atoms with van der Waals surface area (Å²) < 4.78 is 18.7. The third-order valence-electron chi connectivity index (χ3n) is 6.96. The molecule has 3 aromatic rings. The molecule has 4 N–H and O–H groups in total. The molecule has 1 aliphatic rings. The lowest BCUT2D eigenvalue weighted by Gasteiger charge is -2.39. The summed E-state index contributed by atoms with van der Waals surface area (Å²) in [6.07, 6.45) is 11.8. The number of aliphatic hydroxyl groups excluding tert-OH is 1. The number of anilines is 1. The average molecular weight is 606 g/mol. The summed E-state index contributed by atoms with van der Waals surface area (Å²) in [6, 6.07) is 14.2. The molecule has 0 saturated carbocycles. The number of hydrogen-bond acceptors (Lipinski definition) is 8. The highest BCUT2D eigenvalue weighted by molar-refractivity contribution is 5.98. The molecule has 0 fully saturated rings. The Morgan fingerprint density at radius 3 is 2.43 bits per heavy atom. The number of aromatic nitrogens is 3. The number of aliphatic hydroxyl groups is 1. The molecule has 0 aliphatic carbocycles. The molecular formula is C33H44FN7O3. The minimum atomic E-state index is -0.428. The number of halogens is 1. The normalized spacial score (nSPS) is 14.2. The first kappa shape index (κ1) is 35.7. The summed E-state index contributed by atoms with van der Waals surface area (Å²) in [5.41, 5.74) is 3.17. The quantitative estimate of drug-likeness (QED) is 0.140. The van der Waals surface area contributed by atoms with Crippen LogP contribution >= 0.6 is 0 Å². The summed E-state index contributed by atoms with van der Waals surface area (Å²) in [6.45, 7) is 12.0. The number of benzene rings is 1. The Hall–Kier alpha value is -4.50. The van der Waals surface area contributed by atoms with Crippen molar-refractivity contribution in [2.45, 2.75) is 38.8 Å².